The Balaban J connectivity index is 2.08. The molecule has 1 heteroatoms. The molecule has 0 N–H and O–H groups in total. The molecule has 1 heterocycles. The largest absolute Gasteiger partial charge is 0.300 e. The van der Waals surface area contributed by atoms with Crippen molar-refractivity contribution in [2.75, 3.05) is 13.1 Å². The Morgan fingerprint density at radius 3 is 2.47 bits per heavy atom. The summed E-state index contributed by atoms with van der Waals surface area (Å²) in [6.45, 7) is 7.03. The molecule has 0 amide bonds. The highest BCUT2D eigenvalue weighted by atomic mass is 15.2. The van der Waals surface area contributed by atoms with Crippen LogP contribution in [0.1, 0.15) is 38.2 Å². The van der Waals surface area contributed by atoms with Crippen LogP contribution in [0.15, 0.2) is 30.3 Å². The van der Waals surface area contributed by atoms with Crippen molar-refractivity contribution < 1.29 is 0 Å². The molecular formula is C14H21N. The molecule has 2 unspecified atom stereocenters. The van der Waals surface area contributed by atoms with Gasteiger partial charge in [0.2, 0.25) is 0 Å². The van der Waals surface area contributed by atoms with Gasteiger partial charge in [-0.05, 0) is 30.9 Å². The third-order valence-corrected chi connectivity index (χ3v) is 3.68. The first-order valence-electron chi connectivity index (χ1n) is 6.14. The minimum atomic E-state index is 0.760. The van der Waals surface area contributed by atoms with Crippen molar-refractivity contribution in [1.29, 1.82) is 0 Å². The monoisotopic (exact) mass is 203 g/mol. The lowest BCUT2D eigenvalue weighted by atomic mass is 9.96. The average molecular weight is 203 g/mol. The van der Waals surface area contributed by atoms with E-state index in [4.69, 9.17) is 0 Å². The topological polar surface area (TPSA) is 3.24 Å². The zero-order valence-corrected chi connectivity index (χ0v) is 9.82. The SMILES string of the molecule is CCC1CC(c2ccccc2)CN1CC. The second-order valence-electron chi connectivity index (χ2n) is 4.49. The van der Waals surface area contributed by atoms with E-state index in [0.717, 1.165) is 12.0 Å². The summed E-state index contributed by atoms with van der Waals surface area (Å²) in [5.74, 6) is 0.760. The lowest BCUT2D eigenvalue weighted by molar-refractivity contribution is 0.260. The molecule has 1 aromatic carbocycles. The molecule has 0 radical (unpaired) electrons. The van der Waals surface area contributed by atoms with E-state index in [1.807, 2.05) is 0 Å². The zero-order chi connectivity index (χ0) is 10.7. The minimum Gasteiger partial charge on any atom is -0.300 e. The molecule has 15 heavy (non-hydrogen) atoms. The Labute approximate surface area is 93.1 Å². The first-order chi connectivity index (χ1) is 7.35. The summed E-state index contributed by atoms with van der Waals surface area (Å²) >= 11 is 0. The van der Waals surface area contributed by atoms with E-state index in [2.05, 4.69) is 49.1 Å². The smallest absolute Gasteiger partial charge is 0.00990 e. The van der Waals surface area contributed by atoms with Crippen LogP contribution in [-0.2, 0) is 0 Å². The van der Waals surface area contributed by atoms with Gasteiger partial charge in [0.05, 0.1) is 0 Å². The maximum Gasteiger partial charge on any atom is 0.00990 e. The van der Waals surface area contributed by atoms with Crippen LogP contribution >= 0.6 is 0 Å². The van der Waals surface area contributed by atoms with Crippen molar-refractivity contribution in [1.82, 2.24) is 4.90 Å². The van der Waals surface area contributed by atoms with Crippen LogP contribution in [0.25, 0.3) is 0 Å². The summed E-state index contributed by atoms with van der Waals surface area (Å²) in [6.07, 6.45) is 2.63. The van der Waals surface area contributed by atoms with E-state index in [1.165, 1.54) is 31.5 Å². The van der Waals surface area contributed by atoms with E-state index in [9.17, 15) is 0 Å². The molecule has 0 spiro atoms. The van der Waals surface area contributed by atoms with Crippen molar-refractivity contribution in [3.8, 4) is 0 Å². The van der Waals surface area contributed by atoms with Gasteiger partial charge in [0.15, 0.2) is 0 Å². The van der Waals surface area contributed by atoms with Crippen LogP contribution < -0.4 is 0 Å². The number of likely N-dealkylation sites (N-methyl/N-ethyl adjacent to an activating group) is 1. The summed E-state index contributed by atoms with van der Waals surface area (Å²) in [5, 5.41) is 0. The van der Waals surface area contributed by atoms with Crippen LogP contribution in [0.5, 0.6) is 0 Å². The number of likely N-dealkylation sites (tertiary alicyclic amines) is 1. The highest BCUT2D eigenvalue weighted by Crippen LogP contribution is 2.32. The number of rotatable bonds is 3. The van der Waals surface area contributed by atoms with Gasteiger partial charge in [-0.3, -0.25) is 0 Å². The fourth-order valence-electron chi connectivity index (χ4n) is 2.76. The average Bonchev–Trinajstić information content (AvgIpc) is 2.73. The maximum atomic E-state index is 2.62. The fraction of sp³-hybridized carbons (Fsp3) is 0.571. The van der Waals surface area contributed by atoms with Crippen LogP contribution in [-0.4, -0.2) is 24.0 Å². The molecule has 2 atom stereocenters. The molecule has 0 aliphatic carbocycles. The van der Waals surface area contributed by atoms with Gasteiger partial charge in [-0.2, -0.15) is 0 Å². The summed E-state index contributed by atoms with van der Waals surface area (Å²) in [6, 6.07) is 11.8. The molecule has 0 saturated carbocycles. The summed E-state index contributed by atoms with van der Waals surface area (Å²) in [4.78, 5) is 2.62. The molecule has 2 rings (SSSR count). The van der Waals surface area contributed by atoms with Crippen LogP contribution in [0, 0.1) is 0 Å². The van der Waals surface area contributed by atoms with E-state index in [0.29, 0.717) is 0 Å². The highest BCUT2D eigenvalue weighted by molar-refractivity contribution is 5.21. The van der Waals surface area contributed by atoms with Gasteiger partial charge in [0.1, 0.15) is 0 Å². The summed E-state index contributed by atoms with van der Waals surface area (Å²) in [5.41, 5.74) is 1.52. The van der Waals surface area contributed by atoms with Crippen molar-refractivity contribution in [2.45, 2.75) is 38.6 Å². The van der Waals surface area contributed by atoms with E-state index in [1.54, 1.807) is 0 Å². The van der Waals surface area contributed by atoms with Gasteiger partial charge in [-0.25, -0.2) is 0 Å². The van der Waals surface area contributed by atoms with Gasteiger partial charge >= 0.3 is 0 Å². The Morgan fingerprint density at radius 2 is 1.93 bits per heavy atom. The van der Waals surface area contributed by atoms with Gasteiger partial charge in [0, 0.05) is 12.6 Å². The van der Waals surface area contributed by atoms with Crippen molar-refractivity contribution in [3.63, 3.8) is 0 Å². The van der Waals surface area contributed by atoms with Crippen molar-refractivity contribution in [2.24, 2.45) is 0 Å². The Morgan fingerprint density at radius 1 is 1.20 bits per heavy atom. The van der Waals surface area contributed by atoms with Gasteiger partial charge < -0.3 is 4.90 Å². The number of hydrogen-bond acceptors (Lipinski definition) is 1. The van der Waals surface area contributed by atoms with Crippen molar-refractivity contribution in [3.05, 3.63) is 35.9 Å². The second kappa shape index (κ2) is 4.80. The normalized spacial score (nSPS) is 27.1. The molecule has 0 bridgehead atoms. The van der Waals surface area contributed by atoms with Gasteiger partial charge in [-0.15, -0.1) is 0 Å². The fourth-order valence-corrected chi connectivity index (χ4v) is 2.76. The summed E-state index contributed by atoms with van der Waals surface area (Å²) < 4.78 is 0. The molecule has 82 valence electrons. The minimum absolute atomic E-state index is 0.760. The molecule has 1 aliphatic rings. The first kappa shape index (κ1) is 10.7. The number of nitrogens with zero attached hydrogens (tertiary/aromatic N) is 1. The van der Waals surface area contributed by atoms with E-state index < -0.39 is 0 Å². The molecular weight excluding hydrogens is 182 g/mol. The quantitative estimate of drug-likeness (QED) is 0.728. The zero-order valence-electron chi connectivity index (χ0n) is 9.82. The molecule has 1 nitrogen and oxygen atoms in total. The summed E-state index contributed by atoms with van der Waals surface area (Å²) in [7, 11) is 0. The molecule has 1 aromatic rings. The number of hydrogen-bond donors (Lipinski definition) is 0. The van der Waals surface area contributed by atoms with E-state index >= 15 is 0 Å². The van der Waals surface area contributed by atoms with Gasteiger partial charge in [0.25, 0.3) is 0 Å². The first-order valence-corrected chi connectivity index (χ1v) is 6.14. The van der Waals surface area contributed by atoms with Crippen LogP contribution in [0.2, 0.25) is 0 Å². The predicted molar refractivity (Wildman–Crippen MR) is 65.1 cm³/mol. The third kappa shape index (κ3) is 2.23. The highest BCUT2D eigenvalue weighted by Gasteiger charge is 2.30. The standard InChI is InChI=1S/C14H21N/c1-3-14-10-13(11-15(14)4-2)12-8-6-5-7-9-12/h5-9,13-14H,3-4,10-11H2,1-2H3. The molecule has 1 aliphatic heterocycles. The molecule has 1 fully saturated rings. The second-order valence-corrected chi connectivity index (χ2v) is 4.49. The lowest BCUT2D eigenvalue weighted by Crippen LogP contribution is -2.28. The lowest BCUT2D eigenvalue weighted by Gasteiger charge is -2.20. The molecule has 0 aromatic heterocycles. The van der Waals surface area contributed by atoms with E-state index in [-0.39, 0.29) is 0 Å². The predicted octanol–water partition coefficient (Wildman–Crippen LogP) is 3.27. The Hall–Kier alpha value is -0.820. The Bertz CT molecular complexity index is 281. The maximum absolute atomic E-state index is 2.62. The van der Waals surface area contributed by atoms with Crippen molar-refractivity contribution >= 4 is 0 Å². The third-order valence-electron chi connectivity index (χ3n) is 3.68. The van der Waals surface area contributed by atoms with Crippen LogP contribution in [0.4, 0.5) is 0 Å². The number of benzene rings is 1. The van der Waals surface area contributed by atoms with Crippen LogP contribution in [0.3, 0.4) is 0 Å². The molecule has 1 saturated heterocycles. The Kier molecular flexibility index (Phi) is 3.42. The van der Waals surface area contributed by atoms with Gasteiger partial charge in [-0.1, -0.05) is 44.2 Å².